The van der Waals surface area contributed by atoms with Crippen molar-refractivity contribution in [1.29, 1.82) is 0 Å². The van der Waals surface area contributed by atoms with Crippen molar-refractivity contribution in [3.05, 3.63) is 317 Å². The molecular formula is C74H45NS. The molecule has 12 aromatic carbocycles. The van der Waals surface area contributed by atoms with Crippen molar-refractivity contribution in [2.45, 2.75) is 10.8 Å². The highest BCUT2D eigenvalue weighted by Gasteiger charge is 2.53. The Balaban J connectivity index is 0.964. The third-order valence-electron chi connectivity index (χ3n) is 17.5. The molecule has 1 nitrogen and oxygen atoms in total. The summed E-state index contributed by atoms with van der Waals surface area (Å²) in [7, 11) is 0. The van der Waals surface area contributed by atoms with Crippen LogP contribution in [0.5, 0.6) is 0 Å². The van der Waals surface area contributed by atoms with Gasteiger partial charge >= 0.3 is 0 Å². The number of benzene rings is 12. The molecule has 0 saturated carbocycles. The second kappa shape index (κ2) is 15.6. The molecule has 76 heavy (non-hydrogen) atoms. The van der Waals surface area contributed by atoms with E-state index < -0.39 is 10.8 Å². The van der Waals surface area contributed by atoms with E-state index in [1.165, 1.54) is 131 Å². The Morgan fingerprint density at radius 1 is 0.250 bits per heavy atom. The van der Waals surface area contributed by atoms with Crippen LogP contribution in [0.1, 0.15) is 44.5 Å². The van der Waals surface area contributed by atoms with Crippen molar-refractivity contribution < 1.29 is 0 Å². The van der Waals surface area contributed by atoms with Gasteiger partial charge in [-0.3, -0.25) is 0 Å². The molecule has 1 aromatic heterocycles. The van der Waals surface area contributed by atoms with Crippen molar-refractivity contribution in [3.63, 3.8) is 0 Å². The SMILES string of the molecule is c1ccc(-c2cc3c(cc2N(c2ccc(-c4cccc5c4sc4ccccc45)cc2)c2ccc4c(c2)C2(c5ccccc5-c5ccccc52)c2ccccc2-4)C2(c4ccccc4-c4ccccc42)c2ccccc2-3)cc1. The van der Waals surface area contributed by atoms with Crippen LogP contribution in [0.15, 0.2) is 273 Å². The van der Waals surface area contributed by atoms with Crippen LogP contribution >= 0.6 is 11.3 Å². The maximum Gasteiger partial charge on any atom is 0.0726 e. The highest BCUT2D eigenvalue weighted by atomic mass is 32.1. The van der Waals surface area contributed by atoms with Gasteiger partial charge in [0.25, 0.3) is 0 Å². The zero-order valence-electron chi connectivity index (χ0n) is 41.3. The quantitative estimate of drug-likeness (QED) is 0.166. The summed E-state index contributed by atoms with van der Waals surface area (Å²) in [6, 6.07) is 103. The zero-order valence-corrected chi connectivity index (χ0v) is 42.2. The van der Waals surface area contributed by atoms with Gasteiger partial charge in [0.2, 0.25) is 0 Å². The van der Waals surface area contributed by atoms with Crippen LogP contribution in [0, 0.1) is 0 Å². The molecule has 0 saturated heterocycles. The lowest BCUT2D eigenvalue weighted by atomic mass is 9.70. The summed E-state index contributed by atoms with van der Waals surface area (Å²) in [4.78, 5) is 2.58. The molecule has 2 spiro atoms. The predicted octanol–water partition coefficient (Wildman–Crippen LogP) is 19.5. The maximum absolute atomic E-state index is 2.58. The lowest BCUT2D eigenvalue weighted by Gasteiger charge is -2.34. The lowest BCUT2D eigenvalue weighted by Crippen LogP contribution is -2.26. The van der Waals surface area contributed by atoms with Crippen LogP contribution in [0.25, 0.3) is 86.9 Å². The first-order valence-corrected chi connectivity index (χ1v) is 27.3. The van der Waals surface area contributed by atoms with Gasteiger partial charge in [-0.2, -0.15) is 0 Å². The molecule has 4 aliphatic carbocycles. The van der Waals surface area contributed by atoms with Gasteiger partial charge < -0.3 is 4.90 Å². The van der Waals surface area contributed by atoms with Gasteiger partial charge in [-0.1, -0.05) is 231 Å². The Hall–Kier alpha value is -9.34. The summed E-state index contributed by atoms with van der Waals surface area (Å²) < 4.78 is 2.63. The van der Waals surface area contributed by atoms with Crippen LogP contribution in [0.3, 0.4) is 0 Å². The third kappa shape index (κ3) is 5.38. The van der Waals surface area contributed by atoms with Crippen LogP contribution < -0.4 is 4.90 Å². The fourth-order valence-electron chi connectivity index (χ4n) is 14.6. The minimum atomic E-state index is -0.525. The summed E-state index contributed by atoms with van der Waals surface area (Å²) in [5.74, 6) is 0. The fraction of sp³-hybridized carbons (Fsp3) is 0.0270. The number of nitrogens with zero attached hydrogens (tertiary/aromatic N) is 1. The molecule has 1 heterocycles. The highest BCUT2D eigenvalue weighted by Crippen LogP contribution is 2.66. The molecule has 0 bridgehead atoms. The predicted molar refractivity (Wildman–Crippen MR) is 317 cm³/mol. The third-order valence-corrected chi connectivity index (χ3v) is 18.7. The molecule has 0 unspecified atom stereocenters. The molecule has 2 heteroatoms. The van der Waals surface area contributed by atoms with E-state index in [-0.39, 0.29) is 0 Å². The molecular weight excluding hydrogens is 935 g/mol. The smallest absolute Gasteiger partial charge is 0.0726 e. The zero-order chi connectivity index (χ0) is 49.7. The first-order chi connectivity index (χ1) is 37.7. The maximum atomic E-state index is 2.58. The van der Waals surface area contributed by atoms with Gasteiger partial charge in [0, 0.05) is 37.1 Å². The second-order valence-corrected chi connectivity index (χ2v) is 22.0. The molecule has 17 rings (SSSR count). The van der Waals surface area contributed by atoms with Crippen LogP contribution in [-0.2, 0) is 10.8 Å². The van der Waals surface area contributed by atoms with E-state index in [4.69, 9.17) is 0 Å². The van der Waals surface area contributed by atoms with Crippen LogP contribution in [0.2, 0.25) is 0 Å². The molecule has 0 fully saturated rings. The Morgan fingerprint density at radius 2 is 0.658 bits per heavy atom. The number of thiophene rings is 1. The molecule has 0 aliphatic heterocycles. The number of rotatable bonds is 5. The van der Waals surface area contributed by atoms with Gasteiger partial charge in [-0.25, -0.2) is 0 Å². The topological polar surface area (TPSA) is 3.24 Å². The molecule has 13 aromatic rings. The van der Waals surface area contributed by atoms with Crippen molar-refractivity contribution in [1.82, 2.24) is 0 Å². The lowest BCUT2D eigenvalue weighted by molar-refractivity contribution is 0.792. The first kappa shape index (κ1) is 42.1. The average molecular weight is 980 g/mol. The Bertz CT molecular complexity index is 4490. The van der Waals surface area contributed by atoms with E-state index in [0.717, 1.165) is 17.1 Å². The Morgan fingerprint density at radius 3 is 1.21 bits per heavy atom. The van der Waals surface area contributed by atoms with Crippen molar-refractivity contribution in [2.24, 2.45) is 0 Å². The van der Waals surface area contributed by atoms with Crippen molar-refractivity contribution in [3.8, 4) is 66.8 Å². The van der Waals surface area contributed by atoms with Gasteiger partial charge in [0.1, 0.15) is 0 Å². The largest absolute Gasteiger partial charge is 0.310 e. The minimum absolute atomic E-state index is 0.503. The number of hydrogen-bond donors (Lipinski definition) is 0. The van der Waals surface area contributed by atoms with E-state index >= 15 is 0 Å². The summed E-state index contributed by atoms with van der Waals surface area (Å²) in [6.45, 7) is 0. The standard InChI is InChI=1S/C74H45NS/c1-2-19-46(20-3-1)60-44-61-56-26-9-16-35-67(56)74(64-32-13-6-23-53(64)54-24-7-14-33-65(54)74)69(61)45-70(60)75(48-39-37-47(38-40-48)50-28-18-29-59-58-27-10-17-36-71(58)76-72(50)59)49-41-42-57-55-25-8-15-34-66(55)73(68(57)43-49)62-30-11-4-21-51(62)52-22-5-12-31-63(52)73/h1-45H. The van der Waals surface area contributed by atoms with E-state index in [9.17, 15) is 0 Å². The number of fused-ring (bicyclic) bond motifs is 23. The van der Waals surface area contributed by atoms with Crippen LogP contribution in [0.4, 0.5) is 17.1 Å². The fourth-order valence-corrected chi connectivity index (χ4v) is 15.8. The number of hydrogen-bond acceptors (Lipinski definition) is 2. The molecule has 0 atom stereocenters. The summed E-state index contributed by atoms with van der Waals surface area (Å²) in [6.07, 6.45) is 0. The van der Waals surface area contributed by atoms with Gasteiger partial charge in [0.15, 0.2) is 0 Å². The Kier molecular flexibility index (Phi) is 8.63. The van der Waals surface area contributed by atoms with E-state index in [2.05, 4.69) is 278 Å². The molecule has 4 aliphatic rings. The van der Waals surface area contributed by atoms with Crippen molar-refractivity contribution in [2.75, 3.05) is 4.90 Å². The van der Waals surface area contributed by atoms with Crippen molar-refractivity contribution >= 4 is 48.6 Å². The second-order valence-electron chi connectivity index (χ2n) is 20.9. The molecule has 0 radical (unpaired) electrons. The highest BCUT2D eigenvalue weighted by molar-refractivity contribution is 7.26. The van der Waals surface area contributed by atoms with Crippen LogP contribution in [-0.4, -0.2) is 0 Å². The normalized spacial score (nSPS) is 14.0. The minimum Gasteiger partial charge on any atom is -0.310 e. The van der Waals surface area contributed by atoms with E-state index in [1.54, 1.807) is 0 Å². The summed E-state index contributed by atoms with van der Waals surface area (Å²) in [5.41, 5.74) is 28.1. The van der Waals surface area contributed by atoms with E-state index in [0.29, 0.717) is 0 Å². The van der Waals surface area contributed by atoms with E-state index in [1.807, 2.05) is 11.3 Å². The Labute approximate surface area is 445 Å². The average Bonchev–Trinajstić information content (AvgIpc) is 4.43. The van der Waals surface area contributed by atoms with Gasteiger partial charge in [-0.15, -0.1) is 11.3 Å². The molecule has 0 amide bonds. The first-order valence-electron chi connectivity index (χ1n) is 26.5. The van der Waals surface area contributed by atoms with Gasteiger partial charge in [0.05, 0.1) is 16.5 Å². The molecule has 0 N–H and O–H groups in total. The monoisotopic (exact) mass is 979 g/mol. The number of anilines is 3. The van der Waals surface area contributed by atoms with Gasteiger partial charge in [-0.05, 0) is 148 Å². The molecule has 352 valence electrons. The summed E-state index contributed by atoms with van der Waals surface area (Å²) in [5, 5.41) is 2.62. The summed E-state index contributed by atoms with van der Waals surface area (Å²) >= 11 is 1.89.